The fourth-order valence-electron chi connectivity index (χ4n) is 2.96. The molecule has 1 aliphatic carbocycles. The smallest absolute Gasteiger partial charge is 0.321 e. The van der Waals surface area contributed by atoms with Crippen molar-refractivity contribution >= 4 is 11.7 Å². The monoisotopic (exact) mass is 249 g/mol. The average Bonchev–Trinajstić information content (AvgIpc) is 2.42. The molecule has 3 aliphatic rings. The Morgan fingerprint density at radius 3 is 2.67 bits per heavy atom. The normalized spacial score (nSPS) is 26.2. The molecule has 2 amide bonds. The lowest BCUT2D eigenvalue weighted by atomic mass is 9.80. The minimum absolute atomic E-state index is 0.0854. The van der Waals surface area contributed by atoms with E-state index in [1.807, 2.05) is 4.90 Å². The zero-order valence-corrected chi connectivity index (χ0v) is 10.1. The number of nitrogens with zero attached hydrogens (tertiary/aromatic N) is 2. The Kier molecular flexibility index (Phi) is 2.89. The number of hydrogen-bond donors (Lipinski definition) is 1. The molecule has 2 aliphatic heterocycles. The van der Waals surface area contributed by atoms with Gasteiger partial charge in [-0.3, -0.25) is 0 Å². The van der Waals surface area contributed by atoms with E-state index in [1.165, 1.54) is 31.2 Å². The summed E-state index contributed by atoms with van der Waals surface area (Å²) in [5.41, 5.74) is 0.544. The van der Waals surface area contributed by atoms with E-state index in [1.54, 1.807) is 0 Å². The van der Waals surface area contributed by atoms with E-state index in [-0.39, 0.29) is 6.03 Å². The highest BCUT2D eigenvalue weighted by Crippen LogP contribution is 2.34. The number of aromatic nitrogens is 1. The summed E-state index contributed by atoms with van der Waals surface area (Å²) in [7, 11) is 0. The Labute approximate surface area is 105 Å². The fourth-order valence-corrected chi connectivity index (χ4v) is 2.96. The Morgan fingerprint density at radius 1 is 1.33 bits per heavy atom. The lowest BCUT2D eigenvalue weighted by molar-refractivity contribution is 0.0816. The summed E-state index contributed by atoms with van der Waals surface area (Å²) < 4.78 is 12.7. The molecule has 1 aromatic heterocycles. The molecule has 3 fully saturated rings. The van der Waals surface area contributed by atoms with Crippen LogP contribution in [0.3, 0.4) is 0 Å². The molecule has 96 valence electrons. The number of piperidine rings is 2. The molecule has 1 saturated carbocycles. The molecule has 1 aromatic rings. The topological polar surface area (TPSA) is 45.2 Å². The number of pyridine rings is 1. The van der Waals surface area contributed by atoms with E-state index in [0.717, 1.165) is 19.4 Å². The van der Waals surface area contributed by atoms with Crippen LogP contribution in [0.25, 0.3) is 0 Å². The molecular formula is C13H16FN3O. The zero-order chi connectivity index (χ0) is 12.5. The van der Waals surface area contributed by atoms with E-state index in [9.17, 15) is 9.18 Å². The van der Waals surface area contributed by atoms with Gasteiger partial charge in [-0.2, -0.15) is 4.39 Å². The maximum atomic E-state index is 12.7. The number of nitrogens with one attached hydrogen (secondary N) is 1. The summed E-state index contributed by atoms with van der Waals surface area (Å²) >= 11 is 0. The van der Waals surface area contributed by atoms with Crippen LogP contribution in [0.1, 0.15) is 25.7 Å². The van der Waals surface area contributed by atoms with Crippen molar-refractivity contribution in [2.45, 2.75) is 31.7 Å². The van der Waals surface area contributed by atoms with Crippen molar-refractivity contribution in [3.8, 4) is 0 Å². The van der Waals surface area contributed by atoms with Crippen LogP contribution < -0.4 is 5.32 Å². The van der Waals surface area contributed by atoms with Crippen molar-refractivity contribution in [1.82, 2.24) is 9.88 Å². The van der Waals surface area contributed by atoms with Gasteiger partial charge in [-0.25, -0.2) is 9.78 Å². The molecular weight excluding hydrogens is 233 g/mol. The third kappa shape index (κ3) is 2.17. The van der Waals surface area contributed by atoms with Gasteiger partial charge >= 0.3 is 6.03 Å². The highest BCUT2D eigenvalue weighted by molar-refractivity contribution is 5.89. The van der Waals surface area contributed by atoms with Gasteiger partial charge < -0.3 is 10.2 Å². The van der Waals surface area contributed by atoms with Crippen LogP contribution in [-0.4, -0.2) is 28.5 Å². The quantitative estimate of drug-likeness (QED) is 0.778. The average molecular weight is 249 g/mol. The summed E-state index contributed by atoms with van der Waals surface area (Å²) in [6.45, 7) is 0.852. The summed E-state index contributed by atoms with van der Waals surface area (Å²) in [6.07, 6.45) is 6.05. The number of rotatable bonds is 1. The highest BCUT2D eigenvalue weighted by atomic mass is 19.1. The highest BCUT2D eigenvalue weighted by Gasteiger charge is 2.36. The predicted molar refractivity (Wildman–Crippen MR) is 65.7 cm³/mol. The van der Waals surface area contributed by atoms with E-state index >= 15 is 0 Å². The summed E-state index contributed by atoms with van der Waals surface area (Å²) in [4.78, 5) is 17.6. The van der Waals surface area contributed by atoms with Crippen LogP contribution in [0, 0.1) is 11.9 Å². The van der Waals surface area contributed by atoms with E-state index < -0.39 is 5.95 Å². The summed E-state index contributed by atoms with van der Waals surface area (Å²) in [5, 5.41) is 2.78. The first-order valence-corrected chi connectivity index (χ1v) is 6.41. The van der Waals surface area contributed by atoms with Gasteiger partial charge in [0, 0.05) is 12.6 Å². The Balaban J connectivity index is 1.66. The maximum absolute atomic E-state index is 12.7. The van der Waals surface area contributed by atoms with Gasteiger partial charge in [0.1, 0.15) is 0 Å². The van der Waals surface area contributed by atoms with Gasteiger partial charge in [-0.1, -0.05) is 0 Å². The van der Waals surface area contributed by atoms with Gasteiger partial charge in [0.25, 0.3) is 0 Å². The second-order valence-corrected chi connectivity index (χ2v) is 5.13. The molecule has 4 rings (SSSR count). The molecule has 0 spiro atoms. The Hall–Kier alpha value is -1.65. The van der Waals surface area contributed by atoms with Gasteiger partial charge in [-0.15, -0.1) is 0 Å². The molecule has 0 aromatic carbocycles. The SMILES string of the molecule is O=C(Nc1ccc(F)nc1)N1CC2CCC1CC2. The van der Waals surface area contributed by atoms with Crippen LogP contribution in [0.2, 0.25) is 0 Å². The van der Waals surface area contributed by atoms with Gasteiger partial charge in [0.2, 0.25) is 5.95 Å². The van der Waals surface area contributed by atoms with Gasteiger partial charge in [0.05, 0.1) is 11.9 Å². The van der Waals surface area contributed by atoms with Crippen LogP contribution >= 0.6 is 0 Å². The third-order valence-electron chi connectivity index (χ3n) is 3.95. The maximum Gasteiger partial charge on any atom is 0.322 e. The predicted octanol–water partition coefficient (Wildman–Crippen LogP) is 2.63. The van der Waals surface area contributed by atoms with E-state index in [0.29, 0.717) is 17.6 Å². The van der Waals surface area contributed by atoms with Gasteiger partial charge in [0.15, 0.2) is 0 Å². The van der Waals surface area contributed by atoms with Crippen molar-refractivity contribution in [3.63, 3.8) is 0 Å². The zero-order valence-electron chi connectivity index (χ0n) is 10.1. The molecule has 0 radical (unpaired) electrons. The molecule has 2 saturated heterocycles. The Bertz CT molecular complexity index is 440. The minimum atomic E-state index is -0.537. The molecule has 3 heterocycles. The summed E-state index contributed by atoms with van der Waals surface area (Å²) in [5.74, 6) is 0.122. The number of amides is 2. The second-order valence-electron chi connectivity index (χ2n) is 5.13. The fraction of sp³-hybridized carbons (Fsp3) is 0.538. The first kappa shape index (κ1) is 11.4. The molecule has 5 heteroatoms. The van der Waals surface area contributed by atoms with Crippen molar-refractivity contribution < 1.29 is 9.18 Å². The number of urea groups is 1. The molecule has 18 heavy (non-hydrogen) atoms. The second kappa shape index (κ2) is 4.55. The number of hydrogen-bond acceptors (Lipinski definition) is 2. The van der Waals surface area contributed by atoms with Crippen LogP contribution in [0.5, 0.6) is 0 Å². The van der Waals surface area contributed by atoms with Crippen molar-refractivity contribution in [3.05, 3.63) is 24.3 Å². The molecule has 0 unspecified atom stereocenters. The number of anilines is 1. The van der Waals surface area contributed by atoms with Crippen LogP contribution in [0.15, 0.2) is 18.3 Å². The minimum Gasteiger partial charge on any atom is -0.321 e. The standard InChI is InChI=1S/C13H16FN3O/c14-12-6-3-10(7-15-12)16-13(18)17-8-9-1-4-11(17)5-2-9/h3,6-7,9,11H,1-2,4-5,8H2,(H,16,18). The third-order valence-corrected chi connectivity index (χ3v) is 3.95. The van der Waals surface area contributed by atoms with Gasteiger partial charge in [-0.05, 0) is 43.7 Å². The summed E-state index contributed by atoms with van der Waals surface area (Å²) in [6, 6.07) is 3.07. The number of fused-ring (bicyclic) bond motifs is 3. The number of carbonyl (C=O) groups is 1. The van der Waals surface area contributed by atoms with Crippen LogP contribution in [0.4, 0.5) is 14.9 Å². The van der Waals surface area contributed by atoms with E-state index in [2.05, 4.69) is 10.3 Å². The van der Waals surface area contributed by atoms with Crippen molar-refractivity contribution in [2.24, 2.45) is 5.92 Å². The Morgan fingerprint density at radius 2 is 2.11 bits per heavy atom. The molecule has 4 nitrogen and oxygen atoms in total. The first-order chi connectivity index (χ1) is 8.72. The molecule has 1 N–H and O–H groups in total. The van der Waals surface area contributed by atoms with E-state index in [4.69, 9.17) is 0 Å². The van der Waals surface area contributed by atoms with Crippen molar-refractivity contribution in [1.29, 1.82) is 0 Å². The molecule has 2 bridgehead atoms. The lowest BCUT2D eigenvalue weighted by Gasteiger charge is -2.45. The lowest BCUT2D eigenvalue weighted by Crippen LogP contribution is -2.52. The number of halogens is 1. The largest absolute Gasteiger partial charge is 0.322 e. The molecule has 0 atom stereocenters. The van der Waals surface area contributed by atoms with Crippen molar-refractivity contribution in [2.75, 3.05) is 11.9 Å². The first-order valence-electron chi connectivity index (χ1n) is 6.41. The number of carbonyl (C=O) groups excluding carboxylic acids is 1. The van der Waals surface area contributed by atoms with Crippen LogP contribution in [-0.2, 0) is 0 Å².